The number of halogens is 1. The summed E-state index contributed by atoms with van der Waals surface area (Å²) in [7, 11) is 0. The summed E-state index contributed by atoms with van der Waals surface area (Å²) in [4.78, 5) is 12.1. The molecule has 1 aromatic carbocycles. The first-order valence-corrected chi connectivity index (χ1v) is 9.27. The van der Waals surface area contributed by atoms with Gasteiger partial charge in [0.15, 0.2) is 0 Å². The molecular formula is C21H25BrN2O. The molecule has 4 atom stereocenters. The SMILES string of the molecule is CC=C1C[N+]2(CC)CCC34C(=C(C=O)[C@H]1C[C@@H]32)Nc1ccccc14.[Br-]. The van der Waals surface area contributed by atoms with Gasteiger partial charge < -0.3 is 26.8 Å². The highest BCUT2D eigenvalue weighted by molar-refractivity contribution is 5.84. The van der Waals surface area contributed by atoms with Crippen LogP contribution in [0.15, 0.2) is 47.2 Å². The molecule has 132 valence electrons. The summed E-state index contributed by atoms with van der Waals surface area (Å²) < 4.78 is 1.20. The molecule has 0 amide bonds. The highest BCUT2D eigenvalue weighted by atomic mass is 79.9. The summed E-state index contributed by atoms with van der Waals surface area (Å²) >= 11 is 0. The lowest BCUT2D eigenvalue weighted by Gasteiger charge is -2.53. The predicted molar refractivity (Wildman–Crippen MR) is 95.6 cm³/mol. The van der Waals surface area contributed by atoms with Gasteiger partial charge in [-0.05, 0) is 31.1 Å². The van der Waals surface area contributed by atoms with E-state index in [0.29, 0.717) is 12.0 Å². The van der Waals surface area contributed by atoms with Crippen LogP contribution in [0.5, 0.6) is 0 Å². The lowest BCUT2D eigenvalue weighted by atomic mass is 9.61. The molecule has 1 aromatic rings. The molecule has 2 unspecified atom stereocenters. The van der Waals surface area contributed by atoms with Crippen LogP contribution >= 0.6 is 0 Å². The van der Waals surface area contributed by atoms with Crippen molar-refractivity contribution in [2.45, 2.75) is 38.1 Å². The fraction of sp³-hybridized carbons (Fsp3) is 0.476. The van der Waals surface area contributed by atoms with E-state index in [4.69, 9.17) is 0 Å². The number of rotatable bonds is 2. The van der Waals surface area contributed by atoms with Gasteiger partial charge in [-0.3, -0.25) is 4.79 Å². The Morgan fingerprint density at radius 3 is 2.88 bits per heavy atom. The number of hydrogen-bond acceptors (Lipinski definition) is 2. The van der Waals surface area contributed by atoms with Crippen molar-refractivity contribution in [2.24, 2.45) is 5.92 Å². The summed E-state index contributed by atoms with van der Waals surface area (Å²) in [6.07, 6.45) is 5.70. The monoisotopic (exact) mass is 400 g/mol. The molecule has 1 N–H and O–H groups in total. The number of carbonyl (C=O) groups is 1. The van der Waals surface area contributed by atoms with Crippen molar-refractivity contribution in [3.8, 4) is 0 Å². The molecular weight excluding hydrogens is 376 g/mol. The molecule has 0 saturated carbocycles. The van der Waals surface area contributed by atoms with Gasteiger partial charge in [0.2, 0.25) is 0 Å². The molecule has 3 aliphatic heterocycles. The maximum Gasteiger partial charge on any atom is 0.148 e. The van der Waals surface area contributed by atoms with E-state index in [0.717, 1.165) is 31.2 Å². The number of likely N-dealkylation sites (N-methyl/N-ethyl adjacent to an activating group) is 1. The van der Waals surface area contributed by atoms with E-state index in [9.17, 15) is 4.79 Å². The van der Waals surface area contributed by atoms with E-state index in [1.165, 1.54) is 40.1 Å². The Kier molecular flexibility index (Phi) is 3.79. The third-order valence-corrected chi connectivity index (χ3v) is 7.49. The van der Waals surface area contributed by atoms with Crippen molar-refractivity contribution < 1.29 is 26.3 Å². The minimum atomic E-state index is 0. The minimum absolute atomic E-state index is 0. The average molecular weight is 401 g/mol. The molecule has 3 heterocycles. The smallest absolute Gasteiger partial charge is 0.148 e. The lowest BCUT2D eigenvalue weighted by Crippen LogP contribution is -3.00. The van der Waals surface area contributed by atoms with Crippen molar-refractivity contribution in [1.29, 1.82) is 0 Å². The third-order valence-electron chi connectivity index (χ3n) is 7.49. The van der Waals surface area contributed by atoms with Crippen LogP contribution in [-0.4, -0.2) is 36.4 Å². The van der Waals surface area contributed by atoms with Gasteiger partial charge in [0.1, 0.15) is 18.9 Å². The number of nitrogens with one attached hydrogen (secondary N) is 1. The number of piperidine rings is 1. The van der Waals surface area contributed by atoms with Crippen LogP contribution in [0.4, 0.5) is 5.69 Å². The number of benzene rings is 1. The Hall–Kier alpha value is -1.39. The van der Waals surface area contributed by atoms with Crippen molar-refractivity contribution in [1.82, 2.24) is 0 Å². The van der Waals surface area contributed by atoms with Crippen LogP contribution in [0.25, 0.3) is 0 Å². The van der Waals surface area contributed by atoms with Crippen LogP contribution in [-0.2, 0) is 10.2 Å². The molecule has 3 nitrogen and oxygen atoms in total. The maximum atomic E-state index is 12.1. The zero-order valence-corrected chi connectivity index (χ0v) is 16.5. The van der Waals surface area contributed by atoms with Crippen LogP contribution in [0.1, 0.15) is 32.3 Å². The van der Waals surface area contributed by atoms with Gasteiger partial charge in [-0.2, -0.15) is 0 Å². The number of para-hydroxylation sites is 1. The molecule has 4 aliphatic rings. The van der Waals surface area contributed by atoms with Crippen molar-refractivity contribution in [3.63, 3.8) is 0 Å². The Morgan fingerprint density at radius 2 is 2.16 bits per heavy atom. The van der Waals surface area contributed by atoms with Gasteiger partial charge in [0.25, 0.3) is 0 Å². The van der Waals surface area contributed by atoms with Crippen LogP contribution in [0, 0.1) is 5.92 Å². The fourth-order valence-corrected chi connectivity index (χ4v) is 6.37. The van der Waals surface area contributed by atoms with Crippen LogP contribution in [0.3, 0.4) is 0 Å². The predicted octanol–water partition coefficient (Wildman–Crippen LogP) is 0.396. The van der Waals surface area contributed by atoms with Gasteiger partial charge in [0.05, 0.1) is 18.5 Å². The number of allylic oxidation sites excluding steroid dienone is 2. The highest BCUT2D eigenvalue weighted by Gasteiger charge is 2.67. The second-order valence-electron chi connectivity index (χ2n) is 7.92. The Bertz CT molecular complexity index is 814. The first kappa shape index (κ1) is 17.0. The molecule has 1 spiro atoms. The lowest BCUT2D eigenvalue weighted by molar-refractivity contribution is -0.940. The van der Waals surface area contributed by atoms with Gasteiger partial charge in [0, 0.05) is 35.7 Å². The second-order valence-corrected chi connectivity index (χ2v) is 7.92. The summed E-state index contributed by atoms with van der Waals surface area (Å²) in [6.45, 7) is 8.01. The van der Waals surface area contributed by atoms with E-state index in [1.807, 2.05) is 0 Å². The topological polar surface area (TPSA) is 29.1 Å². The maximum absolute atomic E-state index is 12.1. The van der Waals surface area contributed by atoms with Gasteiger partial charge in [-0.25, -0.2) is 0 Å². The average Bonchev–Trinajstić information content (AvgIpc) is 3.15. The molecule has 2 fully saturated rings. The Balaban J connectivity index is 0.00000157. The van der Waals surface area contributed by atoms with Crippen LogP contribution in [0.2, 0.25) is 0 Å². The standard InChI is InChI=1S/C21H24N2O.BrH/c1-3-14-12-23(4-2)10-9-21-17-7-5-6-8-18(17)22-20(21)16(13-24)15(14)11-19(21)23;/h3,5-8,13,15,19H,4,9-12H2,1-2H3;1H/t15-,19-,21?,23?;/m0./s1. The van der Waals surface area contributed by atoms with E-state index in [-0.39, 0.29) is 22.4 Å². The van der Waals surface area contributed by atoms with Gasteiger partial charge in [-0.1, -0.05) is 24.3 Å². The van der Waals surface area contributed by atoms with Gasteiger partial charge >= 0.3 is 0 Å². The number of hydrogen-bond donors (Lipinski definition) is 1. The van der Waals surface area contributed by atoms with Crippen molar-refractivity contribution in [2.75, 3.05) is 25.0 Å². The second kappa shape index (κ2) is 5.55. The molecule has 5 rings (SSSR count). The molecule has 25 heavy (non-hydrogen) atoms. The molecule has 4 heteroatoms. The Labute approximate surface area is 160 Å². The minimum Gasteiger partial charge on any atom is -1.00 e. The van der Waals surface area contributed by atoms with E-state index in [2.05, 4.69) is 49.5 Å². The quantitative estimate of drug-likeness (QED) is 0.442. The largest absolute Gasteiger partial charge is 1.00 e. The molecule has 0 radical (unpaired) electrons. The number of nitrogens with zero attached hydrogens (tertiary/aromatic N) is 1. The summed E-state index contributed by atoms with van der Waals surface area (Å²) in [5, 5.41) is 3.68. The highest BCUT2D eigenvalue weighted by Crippen LogP contribution is 2.63. The number of fused-ring (bicyclic) bond motifs is 2. The molecule has 2 saturated heterocycles. The summed E-state index contributed by atoms with van der Waals surface area (Å²) in [5.41, 5.74) is 6.41. The first-order chi connectivity index (χ1) is 11.7. The number of aldehydes is 1. The number of anilines is 1. The molecule has 2 bridgehead atoms. The Morgan fingerprint density at radius 1 is 1.36 bits per heavy atom. The third kappa shape index (κ3) is 1.82. The summed E-state index contributed by atoms with van der Waals surface area (Å²) in [5.74, 6) is 0.318. The first-order valence-electron chi connectivity index (χ1n) is 9.27. The zero-order chi connectivity index (χ0) is 16.5. The summed E-state index contributed by atoms with van der Waals surface area (Å²) in [6, 6.07) is 9.33. The van der Waals surface area contributed by atoms with Crippen molar-refractivity contribution in [3.05, 3.63) is 52.7 Å². The van der Waals surface area contributed by atoms with E-state index < -0.39 is 0 Å². The normalized spacial score (nSPS) is 38.7. The molecule has 0 aromatic heterocycles. The van der Waals surface area contributed by atoms with E-state index in [1.54, 1.807) is 0 Å². The number of carbonyl (C=O) groups excluding carboxylic acids is 1. The fourth-order valence-electron chi connectivity index (χ4n) is 6.37. The van der Waals surface area contributed by atoms with E-state index >= 15 is 0 Å². The zero-order valence-electron chi connectivity index (χ0n) is 14.9. The number of quaternary nitrogens is 1. The molecule has 1 aliphatic carbocycles. The van der Waals surface area contributed by atoms with Gasteiger partial charge in [-0.15, -0.1) is 0 Å². The van der Waals surface area contributed by atoms with Crippen molar-refractivity contribution >= 4 is 12.0 Å². The van der Waals surface area contributed by atoms with Crippen LogP contribution < -0.4 is 22.3 Å².